The summed E-state index contributed by atoms with van der Waals surface area (Å²) >= 11 is 1.78. The summed E-state index contributed by atoms with van der Waals surface area (Å²) in [4.78, 5) is 28.2. The quantitative estimate of drug-likeness (QED) is 0.0814. The van der Waals surface area contributed by atoms with E-state index in [1.807, 2.05) is 33.8 Å². The van der Waals surface area contributed by atoms with Gasteiger partial charge in [0.25, 0.3) is 0 Å². The molecule has 1 radical (unpaired) electrons. The van der Waals surface area contributed by atoms with Crippen molar-refractivity contribution < 1.29 is 30.0 Å². The second-order valence-electron chi connectivity index (χ2n) is 14.1. The Morgan fingerprint density at radius 3 is 2.16 bits per heavy atom. The number of aliphatic hydroxyl groups is 1. The molecule has 5 nitrogen and oxygen atoms in total. The van der Waals surface area contributed by atoms with E-state index in [1.165, 1.54) is 27.3 Å². The van der Waals surface area contributed by atoms with Gasteiger partial charge >= 0.3 is 0 Å². The van der Waals surface area contributed by atoms with E-state index in [4.69, 9.17) is 4.98 Å². The van der Waals surface area contributed by atoms with Crippen molar-refractivity contribution in [2.75, 3.05) is 0 Å². The van der Waals surface area contributed by atoms with Crippen LogP contribution in [0.15, 0.2) is 72.8 Å². The molecule has 1 N–H and O–H groups in total. The fourth-order valence-corrected chi connectivity index (χ4v) is 7.27. The number of fused-ring (bicyclic) bond motifs is 2. The summed E-state index contributed by atoms with van der Waals surface area (Å²) < 4.78 is 0. The summed E-state index contributed by atoms with van der Waals surface area (Å²) in [6.45, 7) is 19.3. The molecule has 0 aliphatic carbocycles. The minimum Gasteiger partial charge on any atom is -0.512 e. The predicted octanol–water partition coefficient (Wildman–Crippen LogP) is 11.7. The third-order valence-electron chi connectivity index (χ3n) is 8.91. The van der Waals surface area contributed by atoms with Crippen molar-refractivity contribution in [3.8, 4) is 22.6 Å². The second kappa shape index (κ2) is 18.1. The first-order valence-corrected chi connectivity index (χ1v) is 18.3. The van der Waals surface area contributed by atoms with Crippen molar-refractivity contribution in [1.82, 2.24) is 15.0 Å². The van der Waals surface area contributed by atoms with Crippen LogP contribution in [-0.2, 0) is 36.7 Å². The summed E-state index contributed by atoms with van der Waals surface area (Å²) in [5, 5.41) is 13.3. The average Bonchev–Trinajstić information content (AvgIpc) is 3.46. The molecule has 263 valence electrons. The zero-order chi connectivity index (χ0) is 35.0. The van der Waals surface area contributed by atoms with Gasteiger partial charge in [-0.15, -0.1) is 40.5 Å². The third-order valence-corrected chi connectivity index (χ3v) is 9.98. The van der Waals surface area contributed by atoms with Gasteiger partial charge in [-0.2, -0.15) is 0 Å². The van der Waals surface area contributed by atoms with Crippen LogP contribution in [0.25, 0.3) is 43.6 Å². The van der Waals surface area contributed by atoms with Crippen LogP contribution in [-0.4, -0.2) is 25.8 Å². The van der Waals surface area contributed by atoms with E-state index in [0.29, 0.717) is 5.92 Å². The molecule has 2 aromatic carbocycles. The van der Waals surface area contributed by atoms with Crippen molar-refractivity contribution in [2.45, 2.75) is 99.8 Å². The topological polar surface area (TPSA) is 76.0 Å². The molecule has 7 heteroatoms. The molecule has 0 spiro atoms. The first-order chi connectivity index (χ1) is 22.9. The zero-order valence-electron chi connectivity index (χ0n) is 30.6. The van der Waals surface area contributed by atoms with Crippen LogP contribution in [0, 0.1) is 23.8 Å². The van der Waals surface area contributed by atoms with Crippen molar-refractivity contribution >= 4 is 38.1 Å². The van der Waals surface area contributed by atoms with Crippen molar-refractivity contribution in [3.05, 3.63) is 89.3 Å². The van der Waals surface area contributed by atoms with Crippen LogP contribution in [0.1, 0.15) is 98.4 Å². The minimum atomic E-state index is 0. The number of thiophene rings is 1. The maximum absolute atomic E-state index is 11.7. The number of nitrogens with zero attached hydrogens (tertiary/aromatic N) is 3. The Morgan fingerprint density at radius 1 is 0.878 bits per heavy atom. The number of allylic oxidation sites excluding steroid dienone is 2. The number of rotatable bonds is 11. The third kappa shape index (κ3) is 10.4. The van der Waals surface area contributed by atoms with E-state index in [-0.39, 0.29) is 48.9 Å². The van der Waals surface area contributed by atoms with Gasteiger partial charge in [0.2, 0.25) is 0 Å². The molecule has 0 bridgehead atoms. The number of pyridine rings is 1. The van der Waals surface area contributed by atoms with Crippen molar-refractivity contribution in [2.24, 2.45) is 17.8 Å². The van der Waals surface area contributed by atoms with E-state index < -0.39 is 0 Å². The molecule has 0 saturated carbocycles. The largest absolute Gasteiger partial charge is 0.512 e. The van der Waals surface area contributed by atoms with Gasteiger partial charge in [-0.05, 0) is 67.7 Å². The summed E-state index contributed by atoms with van der Waals surface area (Å²) in [7, 11) is 0. The minimum absolute atomic E-state index is 0. The van der Waals surface area contributed by atoms with Gasteiger partial charge in [-0.25, -0.2) is 9.97 Å². The first kappa shape index (κ1) is 40.2. The number of aromatic nitrogens is 3. The smallest absolute Gasteiger partial charge is 0.162 e. The van der Waals surface area contributed by atoms with Crippen LogP contribution in [0.5, 0.6) is 0 Å². The van der Waals surface area contributed by atoms with Gasteiger partial charge in [0, 0.05) is 54.0 Å². The number of hydrogen-bond donors (Lipinski definition) is 1. The monoisotopic (exact) mass is 855 g/mol. The number of carbonyl (C=O) groups is 1. The van der Waals surface area contributed by atoms with Gasteiger partial charge in [-0.3, -0.25) is 9.78 Å². The van der Waals surface area contributed by atoms with Crippen molar-refractivity contribution in [3.63, 3.8) is 0 Å². The van der Waals surface area contributed by atoms with Crippen molar-refractivity contribution in [1.29, 1.82) is 0 Å². The second-order valence-corrected chi connectivity index (χ2v) is 15.2. The Morgan fingerprint density at radius 2 is 1.53 bits per heavy atom. The van der Waals surface area contributed by atoms with Gasteiger partial charge in [0.15, 0.2) is 5.78 Å². The fraction of sp³-hybridized carbons (Fsp3) is 0.429. The van der Waals surface area contributed by atoms with E-state index in [1.54, 1.807) is 17.7 Å². The molecular weight excluding hydrogens is 803 g/mol. The molecule has 0 aliphatic heterocycles. The normalized spacial score (nSPS) is 12.0. The molecule has 0 atom stereocenters. The fourth-order valence-electron chi connectivity index (χ4n) is 6.03. The van der Waals surface area contributed by atoms with E-state index >= 15 is 0 Å². The molecule has 0 unspecified atom stereocenters. The Hall–Kier alpha value is -3.25. The van der Waals surface area contributed by atoms with E-state index in [2.05, 4.69) is 99.2 Å². The Labute approximate surface area is 311 Å². The number of ketones is 1. The average molecular weight is 855 g/mol. The molecule has 3 heterocycles. The number of benzene rings is 2. The molecule has 0 amide bonds. The Bertz CT molecular complexity index is 1860. The van der Waals surface area contributed by atoms with E-state index in [9.17, 15) is 9.90 Å². The van der Waals surface area contributed by atoms with Crippen LogP contribution >= 0.6 is 11.3 Å². The SMILES string of the molecule is CC(C)Cc1cc2ccc(-c3cc(-c4[c-]c5ccccc5c(C(C)(C)C)c4)ncn3)nc2s1.CCC(CC)C(=O)/C=C(\O)C(CC)CC.[Ir]. The van der Waals surface area contributed by atoms with Crippen LogP contribution in [0.4, 0.5) is 0 Å². The summed E-state index contributed by atoms with van der Waals surface area (Å²) in [6.07, 6.45) is 7.63. The molecular formula is C42H52IrN3O2S-. The maximum Gasteiger partial charge on any atom is 0.162 e. The molecule has 0 fully saturated rings. The number of aliphatic hydroxyl groups excluding tert-OH is 1. The first-order valence-electron chi connectivity index (χ1n) is 17.5. The van der Waals surface area contributed by atoms with Gasteiger partial charge in [-0.1, -0.05) is 91.5 Å². The Balaban J connectivity index is 0.000000347. The number of hydrogen-bond acceptors (Lipinski definition) is 6. The van der Waals surface area contributed by atoms with E-state index in [0.717, 1.165) is 65.0 Å². The molecule has 0 aliphatic rings. The van der Waals surface area contributed by atoms with Crippen LogP contribution in [0.3, 0.4) is 0 Å². The summed E-state index contributed by atoms with van der Waals surface area (Å²) in [6, 6.07) is 22.8. The standard InChI is InChI=1S/C29H28N3S.C13H24O2.Ir/c1-18(2)12-22-14-20-10-11-25(32-28(20)33-22)27-16-26(30-17-31-27)21-13-19-8-6-7-9-23(19)24(15-21)29(3,4)5;1-5-10(6-2)12(14)9-13(15)11(7-3)8-4;/h6-11,14-18H,12H2,1-5H3;9-11,14H,5-8H2,1-4H3;/q-1;;/b;12-9-;. The molecule has 5 aromatic rings. The zero-order valence-corrected chi connectivity index (χ0v) is 33.8. The van der Waals surface area contributed by atoms with Gasteiger partial charge in [0.05, 0.1) is 17.1 Å². The molecule has 3 aromatic heterocycles. The van der Waals surface area contributed by atoms with Crippen LogP contribution < -0.4 is 0 Å². The Kier molecular flexibility index (Phi) is 14.9. The summed E-state index contributed by atoms with van der Waals surface area (Å²) in [5.74, 6) is 1.18. The molecule has 0 saturated heterocycles. The molecule has 5 rings (SSSR count). The van der Waals surface area contributed by atoms with Gasteiger partial charge in [0.1, 0.15) is 11.2 Å². The number of carbonyl (C=O) groups excluding carboxylic acids is 1. The predicted molar refractivity (Wildman–Crippen MR) is 204 cm³/mol. The van der Waals surface area contributed by atoms with Gasteiger partial charge < -0.3 is 5.11 Å². The van der Waals surface area contributed by atoms with Crippen LogP contribution in [0.2, 0.25) is 0 Å². The molecule has 49 heavy (non-hydrogen) atoms. The maximum atomic E-state index is 11.7. The summed E-state index contributed by atoms with van der Waals surface area (Å²) in [5.41, 5.74) is 4.87.